The number of methoxy groups -OCH3 is 3. The van der Waals surface area contributed by atoms with E-state index in [-0.39, 0.29) is 0 Å². The van der Waals surface area contributed by atoms with Crippen molar-refractivity contribution in [1.29, 1.82) is 0 Å². The number of allylic oxidation sites excluding steroid dienone is 1. The van der Waals surface area contributed by atoms with E-state index in [1.54, 1.807) is 26.0 Å². The Balaban J connectivity index is 1.37. The lowest BCUT2D eigenvalue weighted by atomic mass is 10.0. The number of tetrazole rings is 1. The van der Waals surface area contributed by atoms with Gasteiger partial charge in [0, 0.05) is 12.7 Å². The van der Waals surface area contributed by atoms with Crippen LogP contribution in [0.4, 0.5) is 11.4 Å². The fourth-order valence-electron chi connectivity index (χ4n) is 4.12. The third-order valence-electron chi connectivity index (χ3n) is 6.02. The van der Waals surface area contributed by atoms with Crippen LogP contribution in [0.2, 0.25) is 0 Å². The topological polar surface area (TPSA) is 107 Å². The van der Waals surface area contributed by atoms with Crippen molar-refractivity contribution in [1.82, 2.24) is 20.2 Å². The van der Waals surface area contributed by atoms with Gasteiger partial charge in [-0.15, -0.1) is 0 Å². The zero-order chi connectivity index (χ0) is 27.6. The van der Waals surface area contributed by atoms with Crippen LogP contribution in [-0.2, 0) is 17.9 Å². The summed E-state index contributed by atoms with van der Waals surface area (Å²) in [7, 11) is 6.75. The molecule has 0 saturated carbocycles. The molecule has 3 aromatic carbocycles. The Hall–Kier alpha value is -4.35. The fourth-order valence-corrected chi connectivity index (χ4v) is 4.31. The van der Waals surface area contributed by atoms with Crippen molar-refractivity contribution < 1.29 is 19.0 Å². The molecular formula is C28H32N6O4S. The Morgan fingerprint density at radius 1 is 1.00 bits per heavy atom. The van der Waals surface area contributed by atoms with Gasteiger partial charge < -0.3 is 19.5 Å². The smallest absolute Gasteiger partial charge is 0.242 e. The highest BCUT2D eigenvalue weighted by Gasteiger charge is 2.12. The van der Waals surface area contributed by atoms with E-state index in [1.807, 2.05) is 43.4 Å². The van der Waals surface area contributed by atoms with E-state index < -0.39 is 0 Å². The molecule has 4 rings (SSSR count). The van der Waals surface area contributed by atoms with Crippen LogP contribution in [0.15, 0.2) is 60.7 Å². The lowest BCUT2D eigenvalue weighted by molar-refractivity contribution is 0.180. The maximum absolute atomic E-state index is 5.79. The monoisotopic (exact) mass is 548 g/mol. The van der Waals surface area contributed by atoms with Crippen molar-refractivity contribution in [2.45, 2.75) is 19.4 Å². The molecule has 4 aromatic rings. The van der Waals surface area contributed by atoms with Crippen LogP contribution in [0.3, 0.4) is 0 Å². The molecule has 1 aromatic heterocycles. The number of ether oxygens (including phenoxy) is 3. The highest BCUT2D eigenvalue weighted by molar-refractivity contribution is 7.71. The van der Waals surface area contributed by atoms with Crippen LogP contribution in [-0.4, -0.2) is 48.6 Å². The Morgan fingerprint density at radius 2 is 1.79 bits per heavy atom. The third-order valence-corrected chi connectivity index (χ3v) is 6.29. The minimum atomic E-state index is 0.350. The largest absolute Gasteiger partial charge is 0.493 e. The molecule has 0 radical (unpaired) electrons. The number of aromatic amines is 1. The number of anilines is 2. The van der Waals surface area contributed by atoms with Gasteiger partial charge in [0.2, 0.25) is 10.5 Å². The molecule has 39 heavy (non-hydrogen) atoms. The highest BCUT2D eigenvalue weighted by Crippen LogP contribution is 2.38. The Labute approximate surface area is 232 Å². The Bertz CT molecular complexity index is 1460. The second-order valence-corrected chi connectivity index (χ2v) is 8.87. The molecule has 0 unspecified atom stereocenters. The molecule has 0 aliphatic carbocycles. The maximum atomic E-state index is 5.79. The second-order valence-electron chi connectivity index (χ2n) is 8.50. The number of hydrogen-bond donors (Lipinski definition) is 3. The molecule has 0 atom stereocenters. The first-order valence-electron chi connectivity index (χ1n) is 12.3. The molecule has 0 amide bonds. The lowest BCUT2D eigenvalue weighted by Gasteiger charge is -2.13. The Kier molecular flexibility index (Phi) is 9.54. The van der Waals surface area contributed by atoms with Crippen LogP contribution in [0.25, 0.3) is 11.8 Å². The first kappa shape index (κ1) is 27.7. The maximum Gasteiger partial charge on any atom is 0.242 e. The van der Waals surface area contributed by atoms with Gasteiger partial charge in [-0.05, 0) is 78.1 Å². The highest BCUT2D eigenvalue weighted by atomic mass is 32.1. The molecule has 10 nitrogen and oxygen atoms in total. The van der Waals surface area contributed by atoms with Crippen LogP contribution in [0.5, 0.6) is 17.2 Å². The van der Waals surface area contributed by atoms with Gasteiger partial charge in [-0.1, -0.05) is 40.7 Å². The molecule has 0 saturated heterocycles. The van der Waals surface area contributed by atoms with Gasteiger partial charge in [0.1, 0.15) is 0 Å². The average molecular weight is 549 g/mol. The summed E-state index contributed by atoms with van der Waals surface area (Å²) in [6.45, 7) is 0.396. The number of aromatic nitrogens is 4. The number of nitrogens with one attached hydrogen (secondary N) is 3. The van der Waals surface area contributed by atoms with Gasteiger partial charge in [-0.3, -0.25) is 10.3 Å². The van der Waals surface area contributed by atoms with Gasteiger partial charge in [-0.25, -0.2) is 4.68 Å². The van der Waals surface area contributed by atoms with Gasteiger partial charge in [0.25, 0.3) is 0 Å². The zero-order valence-electron chi connectivity index (χ0n) is 22.4. The Morgan fingerprint density at radius 3 is 2.46 bits per heavy atom. The first-order valence-corrected chi connectivity index (χ1v) is 12.7. The number of H-pyrrole nitrogens is 1. The number of benzene rings is 3. The van der Waals surface area contributed by atoms with E-state index in [1.165, 1.54) is 5.56 Å². The quantitative estimate of drug-likeness (QED) is 0.146. The first-order chi connectivity index (χ1) is 19.1. The molecule has 204 valence electrons. The summed E-state index contributed by atoms with van der Waals surface area (Å²) in [6.07, 6.45) is 5.91. The van der Waals surface area contributed by atoms with E-state index in [2.05, 4.69) is 56.7 Å². The summed E-state index contributed by atoms with van der Waals surface area (Å²) in [6, 6.07) is 17.7. The molecule has 11 heteroatoms. The molecule has 1 heterocycles. The summed E-state index contributed by atoms with van der Waals surface area (Å²) in [4.78, 5) is 5.79. The minimum absolute atomic E-state index is 0.350. The van der Waals surface area contributed by atoms with E-state index in [0.717, 1.165) is 41.0 Å². The molecule has 0 fully saturated rings. The van der Waals surface area contributed by atoms with Gasteiger partial charge in [0.15, 0.2) is 11.5 Å². The number of hydrogen-bond acceptors (Lipinski definition) is 9. The summed E-state index contributed by atoms with van der Waals surface area (Å²) in [5, 5.41) is 13.6. The molecule has 3 N–H and O–H groups in total. The van der Waals surface area contributed by atoms with Crippen LogP contribution < -0.4 is 25.0 Å². The number of aryl methyl sites for hydroxylation is 1. The van der Waals surface area contributed by atoms with Crippen LogP contribution >= 0.6 is 12.2 Å². The predicted molar refractivity (Wildman–Crippen MR) is 154 cm³/mol. The van der Waals surface area contributed by atoms with Gasteiger partial charge >= 0.3 is 0 Å². The van der Waals surface area contributed by atoms with Crippen molar-refractivity contribution in [2.24, 2.45) is 0 Å². The normalized spacial score (nSPS) is 11.0. The van der Waals surface area contributed by atoms with E-state index in [0.29, 0.717) is 28.6 Å². The van der Waals surface area contributed by atoms with Gasteiger partial charge in [-0.2, -0.15) is 5.21 Å². The lowest BCUT2D eigenvalue weighted by Crippen LogP contribution is -2.04. The van der Waals surface area contributed by atoms with Crippen molar-refractivity contribution >= 4 is 29.7 Å². The van der Waals surface area contributed by atoms with Crippen LogP contribution in [0, 0.1) is 4.77 Å². The SMILES string of the molecule is CNc1ccc(CONc2cccc(-n3[nH]nnc3=S)c2)cc1CC/C=C/c1cc(OC)c(OC)c(OC)c1. The molecule has 0 aliphatic rings. The molecular weight excluding hydrogens is 516 g/mol. The number of nitrogens with zero attached hydrogens (tertiary/aromatic N) is 3. The second kappa shape index (κ2) is 13.4. The average Bonchev–Trinajstić information content (AvgIpc) is 3.40. The summed E-state index contributed by atoms with van der Waals surface area (Å²) in [5.74, 6) is 1.84. The zero-order valence-corrected chi connectivity index (χ0v) is 23.2. The predicted octanol–water partition coefficient (Wildman–Crippen LogP) is 5.58. The fraction of sp³-hybridized carbons (Fsp3) is 0.250. The standard InChI is InChI=1S/C28H32N6O4S/c1-29-24-13-12-20(18-38-31-22-10-7-11-23(17-22)34-28(39)30-32-33-34)14-21(24)9-6-5-8-19-15-25(35-2)27(37-4)26(16-19)36-3/h5,7-8,10-17,29,31H,6,9,18H2,1-4H3,(H,30,33,39)/b8-5+. The molecule has 0 spiro atoms. The van der Waals surface area contributed by atoms with Crippen molar-refractivity contribution in [3.05, 3.63) is 82.1 Å². The van der Waals surface area contributed by atoms with E-state index in [9.17, 15) is 0 Å². The molecule has 0 bridgehead atoms. The van der Waals surface area contributed by atoms with Crippen molar-refractivity contribution in [3.8, 4) is 22.9 Å². The summed E-state index contributed by atoms with van der Waals surface area (Å²) < 4.78 is 18.3. The molecule has 0 aliphatic heterocycles. The third kappa shape index (κ3) is 6.95. The van der Waals surface area contributed by atoms with E-state index >= 15 is 0 Å². The summed E-state index contributed by atoms with van der Waals surface area (Å²) in [5.41, 5.74) is 8.92. The van der Waals surface area contributed by atoms with E-state index in [4.69, 9.17) is 31.3 Å². The van der Waals surface area contributed by atoms with Crippen molar-refractivity contribution in [2.75, 3.05) is 39.2 Å². The number of rotatable bonds is 13. The summed E-state index contributed by atoms with van der Waals surface area (Å²) >= 11 is 5.17. The van der Waals surface area contributed by atoms with Crippen LogP contribution in [0.1, 0.15) is 23.1 Å². The van der Waals surface area contributed by atoms with Gasteiger partial charge in [0.05, 0.1) is 39.3 Å². The van der Waals surface area contributed by atoms with Crippen molar-refractivity contribution in [3.63, 3.8) is 0 Å². The minimum Gasteiger partial charge on any atom is -0.493 e.